The highest BCUT2D eigenvalue weighted by molar-refractivity contribution is 4.85. The fourth-order valence-corrected chi connectivity index (χ4v) is 1.13. The van der Waals surface area contributed by atoms with E-state index in [2.05, 4.69) is 11.2 Å². The van der Waals surface area contributed by atoms with Crippen molar-refractivity contribution in [1.29, 1.82) is 0 Å². The fourth-order valence-electron chi connectivity index (χ4n) is 1.13. The number of nitrogens with two attached hydrogens (primary N) is 1. The third kappa shape index (κ3) is 5.95. The Balaban J connectivity index is 3.72. The van der Waals surface area contributed by atoms with Gasteiger partial charge in [0.05, 0.1) is 0 Å². The molecule has 4 heteroatoms. The summed E-state index contributed by atoms with van der Waals surface area (Å²) in [5.74, 6) is 2.56. The lowest BCUT2D eigenvalue weighted by molar-refractivity contribution is -0.110. The summed E-state index contributed by atoms with van der Waals surface area (Å²) in [6, 6.07) is 0.188. The summed E-state index contributed by atoms with van der Waals surface area (Å²) in [6.45, 7) is 1.33. The summed E-state index contributed by atoms with van der Waals surface area (Å²) in [6.07, 6.45) is 6.37. The molecular formula is C10H20N2O2. The average Bonchev–Trinajstić information content (AvgIpc) is 2.23. The quantitative estimate of drug-likeness (QED) is 0.327. The molecule has 14 heavy (non-hydrogen) atoms. The molecule has 0 radical (unpaired) electrons. The molecule has 0 amide bonds. The molecule has 3 N–H and O–H groups in total. The molecule has 0 aromatic rings. The van der Waals surface area contributed by atoms with Crippen molar-refractivity contribution in [3.8, 4) is 12.3 Å². The molecule has 82 valence electrons. The van der Waals surface area contributed by atoms with Crippen LogP contribution in [0.4, 0.5) is 0 Å². The van der Waals surface area contributed by atoms with Gasteiger partial charge >= 0.3 is 0 Å². The zero-order valence-electron chi connectivity index (χ0n) is 8.95. The summed E-state index contributed by atoms with van der Waals surface area (Å²) in [5.41, 5.74) is 5.59. The first-order chi connectivity index (χ1) is 6.78. The largest absolute Gasteiger partial charge is 0.356 e. The molecule has 0 rings (SSSR count). The molecular weight excluding hydrogens is 180 g/mol. The maximum atomic E-state index is 5.59. The van der Waals surface area contributed by atoms with E-state index >= 15 is 0 Å². The van der Waals surface area contributed by atoms with Crippen LogP contribution in [0.3, 0.4) is 0 Å². The van der Waals surface area contributed by atoms with Gasteiger partial charge < -0.3 is 20.5 Å². The maximum Gasteiger partial charge on any atom is 0.158 e. The number of methoxy groups -OCH3 is 2. The van der Waals surface area contributed by atoms with Gasteiger partial charge in [-0.2, -0.15) is 0 Å². The third-order valence-electron chi connectivity index (χ3n) is 1.99. The van der Waals surface area contributed by atoms with E-state index in [9.17, 15) is 0 Å². The van der Waals surface area contributed by atoms with Crippen LogP contribution in [0.25, 0.3) is 0 Å². The lowest BCUT2D eigenvalue weighted by Gasteiger charge is -2.21. The number of nitrogens with one attached hydrogen (secondary N) is 1. The monoisotopic (exact) mass is 200 g/mol. The van der Waals surface area contributed by atoms with Gasteiger partial charge in [0.2, 0.25) is 0 Å². The van der Waals surface area contributed by atoms with E-state index in [1.165, 1.54) is 0 Å². The summed E-state index contributed by atoms with van der Waals surface area (Å²) in [5, 5.41) is 3.24. The number of hydrogen-bond acceptors (Lipinski definition) is 4. The van der Waals surface area contributed by atoms with Crippen LogP contribution < -0.4 is 11.1 Å². The maximum absolute atomic E-state index is 5.59. The molecule has 0 heterocycles. The fraction of sp³-hybridized carbons (Fsp3) is 0.800. The van der Waals surface area contributed by atoms with E-state index in [1.54, 1.807) is 14.2 Å². The molecule has 0 aliphatic rings. The molecule has 0 bridgehead atoms. The first-order valence-electron chi connectivity index (χ1n) is 4.71. The molecule has 0 aliphatic heterocycles. The number of ether oxygens (including phenoxy) is 2. The normalized spacial score (nSPS) is 12.8. The highest BCUT2D eigenvalue weighted by atomic mass is 16.7. The van der Waals surface area contributed by atoms with Crippen LogP contribution in [0.15, 0.2) is 0 Å². The Labute approximate surface area is 86.1 Å². The van der Waals surface area contributed by atoms with Crippen molar-refractivity contribution < 1.29 is 9.47 Å². The molecule has 0 fully saturated rings. The minimum atomic E-state index is -0.207. The molecule has 1 atom stereocenters. The smallest absolute Gasteiger partial charge is 0.158 e. The molecule has 0 aromatic carbocycles. The Hall–Kier alpha value is -0.600. The highest BCUT2D eigenvalue weighted by Gasteiger charge is 2.13. The van der Waals surface area contributed by atoms with Gasteiger partial charge in [0.15, 0.2) is 6.29 Å². The summed E-state index contributed by atoms with van der Waals surface area (Å²) in [4.78, 5) is 0. The van der Waals surface area contributed by atoms with Gasteiger partial charge in [-0.3, -0.25) is 0 Å². The standard InChI is InChI=1S/C10H20N2O2/c1-4-5-6-12-9(8-11)7-10(13-2)14-3/h1,9-10,12H,5-8,11H2,2-3H3. The average molecular weight is 200 g/mol. The minimum absolute atomic E-state index is 0.188. The summed E-state index contributed by atoms with van der Waals surface area (Å²) >= 11 is 0. The van der Waals surface area contributed by atoms with E-state index in [4.69, 9.17) is 21.6 Å². The van der Waals surface area contributed by atoms with Crippen molar-refractivity contribution in [3.63, 3.8) is 0 Å². The lowest BCUT2D eigenvalue weighted by Crippen LogP contribution is -2.40. The van der Waals surface area contributed by atoms with Crippen molar-refractivity contribution in [2.45, 2.75) is 25.2 Å². The van der Waals surface area contributed by atoms with Crippen molar-refractivity contribution in [2.75, 3.05) is 27.3 Å². The van der Waals surface area contributed by atoms with Gasteiger partial charge in [-0.1, -0.05) is 0 Å². The van der Waals surface area contributed by atoms with Gasteiger partial charge in [-0.25, -0.2) is 0 Å². The van der Waals surface area contributed by atoms with Crippen LogP contribution in [0.2, 0.25) is 0 Å². The Morgan fingerprint density at radius 2 is 2.07 bits per heavy atom. The Morgan fingerprint density at radius 1 is 1.43 bits per heavy atom. The Bertz CT molecular complexity index is 164. The van der Waals surface area contributed by atoms with Crippen molar-refractivity contribution in [2.24, 2.45) is 5.73 Å². The van der Waals surface area contributed by atoms with E-state index in [0.29, 0.717) is 13.0 Å². The predicted octanol–water partition coefficient (Wildman–Crippen LogP) is -0.0644. The zero-order chi connectivity index (χ0) is 10.8. The summed E-state index contributed by atoms with van der Waals surface area (Å²) < 4.78 is 10.2. The van der Waals surface area contributed by atoms with Crippen LogP contribution in [0.5, 0.6) is 0 Å². The summed E-state index contributed by atoms with van der Waals surface area (Å²) in [7, 11) is 3.23. The first-order valence-corrected chi connectivity index (χ1v) is 4.71. The molecule has 0 aliphatic carbocycles. The van der Waals surface area contributed by atoms with Crippen molar-refractivity contribution in [1.82, 2.24) is 5.32 Å². The van der Waals surface area contributed by atoms with Crippen LogP contribution in [-0.2, 0) is 9.47 Å². The SMILES string of the molecule is C#CCCNC(CN)CC(OC)OC. The topological polar surface area (TPSA) is 56.5 Å². The number of hydrogen-bond donors (Lipinski definition) is 2. The lowest BCUT2D eigenvalue weighted by atomic mass is 10.2. The second-order valence-electron chi connectivity index (χ2n) is 2.98. The van der Waals surface area contributed by atoms with Crippen LogP contribution >= 0.6 is 0 Å². The minimum Gasteiger partial charge on any atom is -0.356 e. The zero-order valence-corrected chi connectivity index (χ0v) is 8.95. The molecule has 4 nitrogen and oxygen atoms in total. The predicted molar refractivity (Wildman–Crippen MR) is 56.7 cm³/mol. The molecule has 0 spiro atoms. The van der Waals surface area contributed by atoms with E-state index in [-0.39, 0.29) is 12.3 Å². The Kier molecular flexibility index (Phi) is 8.59. The van der Waals surface area contributed by atoms with E-state index in [1.807, 2.05) is 0 Å². The van der Waals surface area contributed by atoms with Crippen molar-refractivity contribution >= 4 is 0 Å². The van der Waals surface area contributed by atoms with Gasteiger partial charge in [0.1, 0.15) is 0 Å². The van der Waals surface area contributed by atoms with E-state index in [0.717, 1.165) is 13.0 Å². The van der Waals surface area contributed by atoms with Crippen LogP contribution in [0, 0.1) is 12.3 Å². The molecule has 1 unspecified atom stereocenters. The van der Waals surface area contributed by atoms with Crippen LogP contribution in [-0.4, -0.2) is 39.6 Å². The second kappa shape index (κ2) is 8.97. The van der Waals surface area contributed by atoms with Crippen molar-refractivity contribution in [3.05, 3.63) is 0 Å². The number of terminal acetylenes is 1. The van der Waals surface area contributed by atoms with Gasteiger partial charge in [-0.15, -0.1) is 12.3 Å². The highest BCUT2D eigenvalue weighted by Crippen LogP contribution is 2.01. The first kappa shape index (κ1) is 13.4. The molecule has 0 aromatic heterocycles. The van der Waals surface area contributed by atoms with E-state index < -0.39 is 0 Å². The number of rotatable bonds is 8. The molecule has 0 saturated heterocycles. The molecule has 0 saturated carbocycles. The second-order valence-corrected chi connectivity index (χ2v) is 2.98. The third-order valence-corrected chi connectivity index (χ3v) is 1.99. The van der Waals surface area contributed by atoms with Gasteiger partial charge in [0, 0.05) is 46.2 Å². The Morgan fingerprint density at radius 3 is 2.50 bits per heavy atom. The van der Waals surface area contributed by atoms with Crippen LogP contribution in [0.1, 0.15) is 12.8 Å². The van der Waals surface area contributed by atoms with Gasteiger partial charge in [-0.05, 0) is 0 Å². The van der Waals surface area contributed by atoms with Gasteiger partial charge in [0.25, 0.3) is 0 Å².